The number of anilines is 1. The van der Waals surface area contributed by atoms with Gasteiger partial charge in [-0.05, 0) is 48.9 Å². The third-order valence-electron chi connectivity index (χ3n) is 4.43. The minimum absolute atomic E-state index is 0.0892. The second kappa shape index (κ2) is 7.79. The molecule has 2 aromatic carbocycles. The molecule has 1 heterocycles. The monoisotopic (exact) mass is 387 g/mol. The average molecular weight is 387 g/mol. The maximum atomic E-state index is 12.5. The van der Waals surface area contributed by atoms with Crippen LogP contribution in [0.25, 0.3) is 0 Å². The number of nitrogens with zero attached hydrogens (tertiary/aromatic N) is 2. The zero-order valence-corrected chi connectivity index (χ0v) is 15.8. The number of amides is 2. The number of piperazine rings is 1. The van der Waals surface area contributed by atoms with Gasteiger partial charge in [-0.3, -0.25) is 14.3 Å². The van der Waals surface area contributed by atoms with E-state index in [1.54, 1.807) is 28.0 Å². The molecule has 1 N–H and O–H groups in total. The van der Waals surface area contributed by atoms with Crippen LogP contribution in [-0.4, -0.2) is 56.7 Å². The summed E-state index contributed by atoms with van der Waals surface area (Å²) < 4.78 is 27.6. The number of aryl methyl sites for hydroxylation is 1. The van der Waals surface area contributed by atoms with Gasteiger partial charge in [0.1, 0.15) is 0 Å². The maximum absolute atomic E-state index is 12.5. The van der Waals surface area contributed by atoms with Crippen molar-refractivity contribution in [3.8, 4) is 0 Å². The predicted octanol–water partition coefficient (Wildman–Crippen LogP) is 1.71. The minimum Gasteiger partial charge on any atom is -0.342 e. The van der Waals surface area contributed by atoms with Crippen molar-refractivity contribution < 1.29 is 18.0 Å². The number of nitrogens with one attached hydrogen (secondary N) is 1. The van der Waals surface area contributed by atoms with Crippen molar-refractivity contribution in [3.05, 3.63) is 59.7 Å². The topological polar surface area (TPSA) is 86.8 Å². The smallest absolute Gasteiger partial charge is 0.261 e. The quantitative estimate of drug-likeness (QED) is 0.792. The van der Waals surface area contributed by atoms with Crippen LogP contribution in [-0.2, 0) is 14.8 Å². The second-order valence-electron chi connectivity index (χ2n) is 6.43. The first-order valence-corrected chi connectivity index (χ1v) is 10.1. The number of hydrogen-bond acceptors (Lipinski definition) is 4. The van der Waals surface area contributed by atoms with Gasteiger partial charge >= 0.3 is 0 Å². The van der Waals surface area contributed by atoms with E-state index in [4.69, 9.17) is 0 Å². The molecule has 1 saturated heterocycles. The second-order valence-corrected chi connectivity index (χ2v) is 8.12. The van der Waals surface area contributed by atoms with E-state index in [0.29, 0.717) is 37.4 Å². The SMILES string of the molecule is Cc1cccc(NS(=O)(=O)c2ccc(C(=O)N3CCN(C=O)CC3)cc2)c1. The molecule has 3 rings (SSSR count). The van der Waals surface area contributed by atoms with Crippen molar-refractivity contribution in [2.24, 2.45) is 0 Å². The molecule has 0 radical (unpaired) electrons. The molecule has 0 spiro atoms. The lowest BCUT2D eigenvalue weighted by Crippen LogP contribution is -2.48. The van der Waals surface area contributed by atoms with Crippen LogP contribution in [0.1, 0.15) is 15.9 Å². The molecule has 7 nitrogen and oxygen atoms in total. The van der Waals surface area contributed by atoms with E-state index in [2.05, 4.69) is 4.72 Å². The Morgan fingerprint density at radius 1 is 1.04 bits per heavy atom. The Bertz CT molecular complexity index is 934. The highest BCUT2D eigenvalue weighted by Gasteiger charge is 2.22. The molecule has 2 amide bonds. The Hall–Kier alpha value is -2.87. The predicted molar refractivity (Wildman–Crippen MR) is 102 cm³/mol. The molecule has 2 aromatic rings. The minimum atomic E-state index is -3.73. The molecule has 1 aliphatic heterocycles. The first-order valence-electron chi connectivity index (χ1n) is 8.57. The number of carbonyl (C=O) groups excluding carboxylic acids is 2. The van der Waals surface area contributed by atoms with Gasteiger partial charge in [0.25, 0.3) is 15.9 Å². The van der Waals surface area contributed by atoms with Gasteiger partial charge in [-0.25, -0.2) is 8.42 Å². The highest BCUT2D eigenvalue weighted by molar-refractivity contribution is 7.92. The standard InChI is InChI=1S/C19H21N3O4S/c1-15-3-2-4-17(13-15)20-27(25,26)18-7-5-16(6-8-18)19(24)22-11-9-21(14-23)10-12-22/h2-8,13-14,20H,9-12H2,1H3. The number of rotatable bonds is 5. The summed E-state index contributed by atoms with van der Waals surface area (Å²) in [7, 11) is -3.73. The Morgan fingerprint density at radius 3 is 2.30 bits per heavy atom. The highest BCUT2D eigenvalue weighted by atomic mass is 32.2. The summed E-state index contributed by atoms with van der Waals surface area (Å²) in [6, 6.07) is 13.0. The van der Waals surface area contributed by atoms with Crippen molar-refractivity contribution in [2.45, 2.75) is 11.8 Å². The summed E-state index contributed by atoms with van der Waals surface area (Å²) in [5, 5.41) is 0. The Balaban J connectivity index is 1.71. The maximum Gasteiger partial charge on any atom is 0.261 e. The van der Waals surface area contributed by atoms with Gasteiger partial charge in [0, 0.05) is 37.4 Å². The summed E-state index contributed by atoms with van der Waals surface area (Å²) in [4.78, 5) is 26.7. The molecule has 1 aliphatic rings. The van der Waals surface area contributed by atoms with E-state index >= 15 is 0 Å². The third kappa shape index (κ3) is 4.46. The van der Waals surface area contributed by atoms with Crippen molar-refractivity contribution in [1.82, 2.24) is 9.80 Å². The average Bonchev–Trinajstić information content (AvgIpc) is 2.67. The van der Waals surface area contributed by atoms with Gasteiger partial charge in [-0.2, -0.15) is 0 Å². The van der Waals surface area contributed by atoms with Gasteiger partial charge < -0.3 is 9.80 Å². The molecular formula is C19H21N3O4S. The number of sulfonamides is 1. The molecule has 0 aliphatic carbocycles. The van der Waals surface area contributed by atoms with Crippen LogP contribution in [0.3, 0.4) is 0 Å². The first kappa shape index (κ1) is 18.9. The zero-order valence-electron chi connectivity index (χ0n) is 15.0. The van der Waals surface area contributed by atoms with E-state index < -0.39 is 10.0 Å². The van der Waals surface area contributed by atoms with Crippen molar-refractivity contribution in [1.29, 1.82) is 0 Å². The van der Waals surface area contributed by atoms with Crippen molar-refractivity contribution in [2.75, 3.05) is 30.9 Å². The largest absolute Gasteiger partial charge is 0.342 e. The highest BCUT2D eigenvalue weighted by Crippen LogP contribution is 2.18. The molecule has 0 bridgehead atoms. The van der Waals surface area contributed by atoms with E-state index in [1.165, 1.54) is 24.3 Å². The van der Waals surface area contributed by atoms with Crippen LogP contribution < -0.4 is 4.72 Å². The first-order chi connectivity index (χ1) is 12.9. The van der Waals surface area contributed by atoms with Crippen molar-refractivity contribution in [3.63, 3.8) is 0 Å². The number of carbonyl (C=O) groups is 2. The summed E-state index contributed by atoms with van der Waals surface area (Å²) in [6.07, 6.45) is 0.780. The van der Waals surface area contributed by atoms with Crippen LogP contribution >= 0.6 is 0 Å². The Kier molecular flexibility index (Phi) is 5.46. The number of benzene rings is 2. The molecule has 1 fully saturated rings. The van der Waals surface area contributed by atoms with Gasteiger partial charge in [0.2, 0.25) is 6.41 Å². The van der Waals surface area contributed by atoms with Gasteiger partial charge in [0.05, 0.1) is 4.90 Å². The van der Waals surface area contributed by atoms with Gasteiger partial charge in [0.15, 0.2) is 0 Å². The fourth-order valence-electron chi connectivity index (χ4n) is 2.91. The van der Waals surface area contributed by atoms with E-state index in [9.17, 15) is 18.0 Å². The molecule has 8 heteroatoms. The third-order valence-corrected chi connectivity index (χ3v) is 5.83. The fourth-order valence-corrected chi connectivity index (χ4v) is 3.96. The Labute approximate surface area is 158 Å². The molecule has 0 atom stereocenters. The van der Waals surface area contributed by atoms with Crippen LogP contribution in [0.5, 0.6) is 0 Å². The van der Waals surface area contributed by atoms with E-state index in [0.717, 1.165) is 12.0 Å². The number of hydrogen-bond donors (Lipinski definition) is 1. The normalized spacial score (nSPS) is 14.7. The van der Waals surface area contributed by atoms with Gasteiger partial charge in [-0.1, -0.05) is 12.1 Å². The lowest BCUT2D eigenvalue weighted by Gasteiger charge is -2.32. The van der Waals surface area contributed by atoms with E-state index in [-0.39, 0.29) is 10.8 Å². The molecule has 0 saturated carbocycles. The van der Waals surface area contributed by atoms with Crippen LogP contribution in [0, 0.1) is 6.92 Å². The van der Waals surface area contributed by atoms with Crippen LogP contribution in [0.4, 0.5) is 5.69 Å². The van der Waals surface area contributed by atoms with E-state index in [1.807, 2.05) is 13.0 Å². The summed E-state index contributed by atoms with van der Waals surface area (Å²) >= 11 is 0. The molecular weight excluding hydrogens is 366 g/mol. The van der Waals surface area contributed by atoms with Crippen molar-refractivity contribution >= 4 is 28.0 Å². The summed E-state index contributed by atoms with van der Waals surface area (Å²) in [6.45, 7) is 3.82. The van der Waals surface area contributed by atoms with Crippen LogP contribution in [0.15, 0.2) is 53.4 Å². The molecule has 0 aromatic heterocycles. The molecule has 0 unspecified atom stereocenters. The summed E-state index contributed by atoms with van der Waals surface area (Å²) in [5.74, 6) is -0.170. The van der Waals surface area contributed by atoms with Crippen LogP contribution in [0.2, 0.25) is 0 Å². The Morgan fingerprint density at radius 2 is 1.70 bits per heavy atom. The molecule has 27 heavy (non-hydrogen) atoms. The lowest BCUT2D eigenvalue weighted by atomic mass is 10.2. The fraction of sp³-hybridized carbons (Fsp3) is 0.263. The lowest BCUT2D eigenvalue weighted by molar-refractivity contribution is -0.119. The zero-order chi connectivity index (χ0) is 19.4. The van der Waals surface area contributed by atoms with Gasteiger partial charge in [-0.15, -0.1) is 0 Å². The molecule has 142 valence electrons. The summed E-state index contributed by atoms with van der Waals surface area (Å²) in [5.41, 5.74) is 1.86.